The van der Waals surface area contributed by atoms with Crippen molar-refractivity contribution in [2.45, 2.75) is 6.92 Å². The Bertz CT molecular complexity index is 444. The first kappa shape index (κ1) is 14.2. The molecule has 5 nitrogen and oxygen atoms in total. The highest BCUT2D eigenvalue weighted by Gasteiger charge is 2.12. The zero-order valence-electron chi connectivity index (χ0n) is 10.9. The van der Waals surface area contributed by atoms with Crippen LogP contribution in [0, 0.1) is 5.92 Å². The van der Waals surface area contributed by atoms with E-state index in [-0.39, 0.29) is 17.7 Å². The molecule has 2 amide bonds. The van der Waals surface area contributed by atoms with Gasteiger partial charge in [0.2, 0.25) is 5.91 Å². The van der Waals surface area contributed by atoms with Crippen LogP contribution in [-0.4, -0.2) is 37.4 Å². The maximum Gasteiger partial charge on any atom is 0.253 e. The van der Waals surface area contributed by atoms with E-state index in [1.165, 1.54) is 4.90 Å². The molecule has 1 aromatic carbocycles. The molecule has 0 aliphatic carbocycles. The number of nitrogens with two attached hydrogens (primary N) is 1. The second-order valence-electron chi connectivity index (χ2n) is 4.41. The van der Waals surface area contributed by atoms with Crippen LogP contribution < -0.4 is 11.1 Å². The van der Waals surface area contributed by atoms with Crippen molar-refractivity contribution in [2.75, 3.05) is 26.0 Å². The van der Waals surface area contributed by atoms with Crippen molar-refractivity contribution in [2.24, 2.45) is 11.7 Å². The van der Waals surface area contributed by atoms with Gasteiger partial charge in [0.05, 0.1) is 0 Å². The summed E-state index contributed by atoms with van der Waals surface area (Å²) in [4.78, 5) is 24.9. The molecular weight excluding hydrogens is 230 g/mol. The zero-order valence-corrected chi connectivity index (χ0v) is 10.9. The van der Waals surface area contributed by atoms with Gasteiger partial charge in [0.1, 0.15) is 0 Å². The summed E-state index contributed by atoms with van der Waals surface area (Å²) in [5.41, 5.74) is 6.57. The number of rotatable bonds is 4. The van der Waals surface area contributed by atoms with Crippen LogP contribution in [0.1, 0.15) is 17.3 Å². The van der Waals surface area contributed by atoms with E-state index in [0.29, 0.717) is 17.8 Å². The Hall–Kier alpha value is -1.88. The molecule has 0 saturated carbocycles. The van der Waals surface area contributed by atoms with Gasteiger partial charge >= 0.3 is 0 Å². The minimum Gasteiger partial charge on any atom is -0.345 e. The summed E-state index contributed by atoms with van der Waals surface area (Å²) in [6, 6.07) is 6.85. The summed E-state index contributed by atoms with van der Waals surface area (Å²) >= 11 is 0. The van der Waals surface area contributed by atoms with Crippen molar-refractivity contribution in [3.05, 3.63) is 29.8 Å². The Kier molecular flexibility index (Phi) is 4.85. The van der Waals surface area contributed by atoms with Gasteiger partial charge in [0, 0.05) is 37.8 Å². The first-order valence-electron chi connectivity index (χ1n) is 5.78. The van der Waals surface area contributed by atoms with Gasteiger partial charge in [-0.15, -0.1) is 0 Å². The molecule has 5 heteroatoms. The predicted molar refractivity (Wildman–Crippen MR) is 71.3 cm³/mol. The summed E-state index contributed by atoms with van der Waals surface area (Å²) in [7, 11) is 3.37. The number of amides is 2. The number of nitrogens with zero attached hydrogens (tertiary/aromatic N) is 1. The van der Waals surface area contributed by atoms with Crippen LogP contribution in [0.4, 0.5) is 5.69 Å². The van der Waals surface area contributed by atoms with Crippen molar-refractivity contribution >= 4 is 17.5 Å². The number of carbonyl (C=O) groups is 2. The fourth-order valence-corrected chi connectivity index (χ4v) is 1.36. The van der Waals surface area contributed by atoms with Gasteiger partial charge in [-0.25, -0.2) is 0 Å². The molecule has 0 heterocycles. The van der Waals surface area contributed by atoms with Crippen molar-refractivity contribution in [1.82, 2.24) is 4.90 Å². The second-order valence-corrected chi connectivity index (χ2v) is 4.41. The van der Waals surface area contributed by atoms with Crippen LogP contribution in [0.3, 0.4) is 0 Å². The normalized spacial score (nSPS) is 11.8. The molecule has 0 spiro atoms. The van der Waals surface area contributed by atoms with E-state index in [0.717, 1.165) is 0 Å². The van der Waals surface area contributed by atoms with Crippen LogP contribution in [0.25, 0.3) is 0 Å². The van der Waals surface area contributed by atoms with E-state index in [9.17, 15) is 9.59 Å². The second kappa shape index (κ2) is 6.16. The number of carbonyl (C=O) groups excluding carboxylic acids is 2. The molecular formula is C13H19N3O2. The molecule has 18 heavy (non-hydrogen) atoms. The topological polar surface area (TPSA) is 75.4 Å². The molecule has 1 aromatic rings. The number of nitrogens with one attached hydrogen (secondary N) is 1. The number of hydrogen-bond acceptors (Lipinski definition) is 3. The van der Waals surface area contributed by atoms with Crippen LogP contribution in [0.5, 0.6) is 0 Å². The van der Waals surface area contributed by atoms with Gasteiger partial charge < -0.3 is 16.0 Å². The maximum atomic E-state index is 11.8. The molecule has 98 valence electrons. The third kappa shape index (κ3) is 3.56. The number of benzene rings is 1. The molecule has 0 aromatic heterocycles. The van der Waals surface area contributed by atoms with E-state index >= 15 is 0 Å². The SMILES string of the molecule is CC(CN)C(=O)Nc1cccc(C(=O)N(C)C)c1. The molecule has 1 rings (SSSR count). The lowest BCUT2D eigenvalue weighted by molar-refractivity contribution is -0.119. The standard InChI is InChI=1S/C13H19N3O2/c1-9(8-14)12(17)15-11-6-4-5-10(7-11)13(18)16(2)3/h4-7,9H,8,14H2,1-3H3,(H,15,17). The molecule has 3 N–H and O–H groups in total. The van der Waals surface area contributed by atoms with Gasteiger partial charge in [0.15, 0.2) is 0 Å². The van der Waals surface area contributed by atoms with E-state index in [2.05, 4.69) is 5.32 Å². The van der Waals surface area contributed by atoms with Crippen molar-refractivity contribution in [3.8, 4) is 0 Å². The van der Waals surface area contributed by atoms with E-state index in [4.69, 9.17) is 5.73 Å². The first-order valence-corrected chi connectivity index (χ1v) is 5.78. The molecule has 1 atom stereocenters. The Labute approximate surface area is 107 Å². The van der Waals surface area contributed by atoms with E-state index in [1.54, 1.807) is 45.3 Å². The summed E-state index contributed by atoms with van der Waals surface area (Å²) in [6.07, 6.45) is 0. The number of hydrogen-bond donors (Lipinski definition) is 2. The van der Waals surface area contributed by atoms with Crippen molar-refractivity contribution < 1.29 is 9.59 Å². The van der Waals surface area contributed by atoms with E-state index in [1.807, 2.05) is 0 Å². The molecule has 0 fully saturated rings. The lowest BCUT2D eigenvalue weighted by Crippen LogP contribution is -2.27. The van der Waals surface area contributed by atoms with Crippen molar-refractivity contribution in [1.29, 1.82) is 0 Å². The quantitative estimate of drug-likeness (QED) is 0.833. The monoisotopic (exact) mass is 249 g/mol. The zero-order chi connectivity index (χ0) is 13.7. The lowest BCUT2D eigenvalue weighted by Gasteiger charge is -2.13. The summed E-state index contributed by atoms with van der Waals surface area (Å²) in [6.45, 7) is 2.05. The van der Waals surface area contributed by atoms with Gasteiger partial charge in [-0.05, 0) is 18.2 Å². The smallest absolute Gasteiger partial charge is 0.253 e. The Morgan fingerprint density at radius 1 is 1.39 bits per heavy atom. The Balaban J connectivity index is 2.83. The van der Waals surface area contributed by atoms with Crippen LogP contribution in [-0.2, 0) is 4.79 Å². The van der Waals surface area contributed by atoms with Gasteiger partial charge in [0.25, 0.3) is 5.91 Å². The molecule has 0 aliphatic heterocycles. The highest BCUT2D eigenvalue weighted by molar-refractivity contribution is 5.97. The summed E-state index contributed by atoms with van der Waals surface area (Å²) in [5, 5.41) is 2.74. The van der Waals surface area contributed by atoms with Gasteiger partial charge in [-0.1, -0.05) is 13.0 Å². The average Bonchev–Trinajstić information content (AvgIpc) is 2.36. The van der Waals surface area contributed by atoms with Crippen LogP contribution in [0.15, 0.2) is 24.3 Å². The fourth-order valence-electron chi connectivity index (χ4n) is 1.36. The average molecular weight is 249 g/mol. The fraction of sp³-hybridized carbons (Fsp3) is 0.385. The molecule has 0 saturated heterocycles. The van der Waals surface area contributed by atoms with Crippen LogP contribution >= 0.6 is 0 Å². The summed E-state index contributed by atoms with van der Waals surface area (Å²) < 4.78 is 0. The van der Waals surface area contributed by atoms with Crippen molar-refractivity contribution in [3.63, 3.8) is 0 Å². The molecule has 1 unspecified atom stereocenters. The van der Waals surface area contributed by atoms with E-state index < -0.39 is 0 Å². The Morgan fingerprint density at radius 2 is 2.06 bits per heavy atom. The largest absolute Gasteiger partial charge is 0.345 e. The Morgan fingerprint density at radius 3 is 2.61 bits per heavy atom. The third-order valence-electron chi connectivity index (χ3n) is 2.58. The minimum atomic E-state index is -0.252. The minimum absolute atomic E-state index is 0.0991. The predicted octanol–water partition coefficient (Wildman–Crippen LogP) is 0.922. The third-order valence-corrected chi connectivity index (χ3v) is 2.58. The molecule has 0 radical (unpaired) electrons. The lowest BCUT2D eigenvalue weighted by atomic mass is 10.1. The van der Waals surface area contributed by atoms with Gasteiger partial charge in [-0.3, -0.25) is 9.59 Å². The van der Waals surface area contributed by atoms with Crippen LogP contribution in [0.2, 0.25) is 0 Å². The molecule has 0 bridgehead atoms. The highest BCUT2D eigenvalue weighted by atomic mass is 16.2. The maximum absolute atomic E-state index is 11.8. The highest BCUT2D eigenvalue weighted by Crippen LogP contribution is 2.13. The summed E-state index contributed by atoms with van der Waals surface area (Å²) in [5.74, 6) is -0.497. The van der Waals surface area contributed by atoms with Gasteiger partial charge in [-0.2, -0.15) is 0 Å². The first-order chi connectivity index (χ1) is 8.45. The number of anilines is 1. The molecule has 0 aliphatic rings.